The van der Waals surface area contributed by atoms with E-state index in [9.17, 15) is 4.79 Å². The number of piperazine rings is 1. The highest BCUT2D eigenvalue weighted by Crippen LogP contribution is 2.33. The van der Waals surface area contributed by atoms with Gasteiger partial charge in [-0.2, -0.15) is 0 Å². The van der Waals surface area contributed by atoms with Gasteiger partial charge < -0.3 is 23.9 Å². The average molecular weight is 479 g/mol. The third-order valence-electron chi connectivity index (χ3n) is 6.82. The zero-order valence-corrected chi connectivity index (χ0v) is 20.0. The predicted octanol–water partition coefficient (Wildman–Crippen LogP) is 5.46. The number of ether oxygens (including phenoxy) is 1. The first-order valence-electron chi connectivity index (χ1n) is 12.0. The van der Waals surface area contributed by atoms with E-state index in [0.29, 0.717) is 18.7 Å². The molecule has 6 rings (SSSR count). The van der Waals surface area contributed by atoms with Gasteiger partial charge in [-0.1, -0.05) is 30.3 Å². The summed E-state index contributed by atoms with van der Waals surface area (Å²) in [4.78, 5) is 25.7. The molecule has 0 spiro atoms. The summed E-state index contributed by atoms with van der Waals surface area (Å²) in [6.07, 6.45) is 7.14. The molecular weight excluding hydrogens is 452 g/mol. The average Bonchev–Trinajstić information content (AvgIpc) is 3.62. The Hall–Kier alpha value is -4.52. The molecule has 2 aromatic carbocycles. The highest BCUT2D eigenvalue weighted by Gasteiger charge is 2.25. The number of methoxy groups -OCH3 is 1. The van der Waals surface area contributed by atoms with E-state index in [4.69, 9.17) is 9.15 Å². The Bertz CT molecular complexity index is 1510. The highest BCUT2D eigenvalue weighted by atomic mass is 16.5. The van der Waals surface area contributed by atoms with Crippen molar-refractivity contribution in [2.24, 2.45) is 0 Å². The van der Waals surface area contributed by atoms with Crippen LogP contribution in [-0.4, -0.2) is 54.1 Å². The molecule has 36 heavy (non-hydrogen) atoms. The normalized spacial score (nSPS) is 13.8. The molecule has 1 fully saturated rings. The number of H-pyrrole nitrogens is 1. The van der Waals surface area contributed by atoms with Crippen molar-refractivity contribution in [2.45, 2.75) is 0 Å². The van der Waals surface area contributed by atoms with Crippen LogP contribution < -0.4 is 9.64 Å². The largest absolute Gasteiger partial charge is 0.495 e. The van der Waals surface area contributed by atoms with Gasteiger partial charge >= 0.3 is 0 Å². The zero-order valence-electron chi connectivity index (χ0n) is 20.0. The van der Waals surface area contributed by atoms with E-state index < -0.39 is 0 Å². The number of anilines is 1. The number of amides is 1. The number of hydrogen-bond acceptors (Lipinski definition) is 5. The van der Waals surface area contributed by atoms with Crippen LogP contribution in [0.25, 0.3) is 33.3 Å². The Labute approximate surface area is 208 Å². The molecule has 0 radical (unpaired) electrons. The van der Waals surface area contributed by atoms with Crippen LogP contribution in [0.1, 0.15) is 10.4 Å². The minimum absolute atomic E-state index is 0.0366. The number of para-hydroxylation sites is 2. The van der Waals surface area contributed by atoms with Gasteiger partial charge in [0.1, 0.15) is 11.4 Å². The maximum atomic E-state index is 13.7. The second-order valence-electron chi connectivity index (χ2n) is 8.83. The summed E-state index contributed by atoms with van der Waals surface area (Å²) in [5, 5.41) is 0.988. The number of aromatic nitrogens is 2. The van der Waals surface area contributed by atoms with E-state index in [2.05, 4.69) is 27.0 Å². The second kappa shape index (κ2) is 9.26. The Morgan fingerprint density at radius 1 is 0.972 bits per heavy atom. The molecule has 1 N–H and O–H groups in total. The molecule has 5 aromatic rings. The minimum Gasteiger partial charge on any atom is -0.495 e. The lowest BCUT2D eigenvalue weighted by molar-refractivity contribution is 0.0747. The summed E-state index contributed by atoms with van der Waals surface area (Å²) in [6, 6.07) is 19.8. The molecule has 4 heterocycles. The van der Waals surface area contributed by atoms with E-state index in [-0.39, 0.29) is 5.91 Å². The third kappa shape index (κ3) is 3.88. The van der Waals surface area contributed by atoms with Gasteiger partial charge in [0.2, 0.25) is 0 Å². The van der Waals surface area contributed by atoms with E-state index in [0.717, 1.165) is 57.8 Å². The number of carbonyl (C=O) groups is 1. The van der Waals surface area contributed by atoms with Gasteiger partial charge in [-0.05, 0) is 35.9 Å². The molecule has 0 atom stereocenters. The SMILES string of the molecule is COc1ccccc1N1CCN(C(=O)c2ccccc2-c2cnc3[nH]cc(-c4ccoc4)c3c2)CC1. The van der Waals surface area contributed by atoms with Crippen LogP contribution in [0.4, 0.5) is 5.69 Å². The minimum atomic E-state index is 0.0366. The quantitative estimate of drug-likeness (QED) is 0.363. The molecule has 180 valence electrons. The number of benzene rings is 2. The van der Waals surface area contributed by atoms with Crippen LogP contribution in [0.3, 0.4) is 0 Å². The van der Waals surface area contributed by atoms with Crippen molar-refractivity contribution >= 4 is 22.6 Å². The van der Waals surface area contributed by atoms with E-state index in [1.807, 2.05) is 65.8 Å². The van der Waals surface area contributed by atoms with E-state index >= 15 is 0 Å². The summed E-state index contributed by atoms with van der Waals surface area (Å²) in [5.41, 5.74) is 6.33. The first-order chi connectivity index (χ1) is 17.7. The fourth-order valence-corrected chi connectivity index (χ4v) is 4.94. The lowest BCUT2D eigenvalue weighted by Crippen LogP contribution is -2.49. The van der Waals surface area contributed by atoms with Gasteiger partial charge in [-0.3, -0.25) is 4.79 Å². The van der Waals surface area contributed by atoms with Crippen molar-refractivity contribution < 1.29 is 13.9 Å². The van der Waals surface area contributed by atoms with Crippen molar-refractivity contribution in [1.82, 2.24) is 14.9 Å². The number of nitrogens with one attached hydrogen (secondary N) is 1. The van der Waals surface area contributed by atoms with Crippen molar-refractivity contribution in [3.05, 3.63) is 91.1 Å². The molecule has 0 aliphatic carbocycles. The van der Waals surface area contributed by atoms with Crippen molar-refractivity contribution in [2.75, 3.05) is 38.2 Å². The number of rotatable bonds is 5. The second-order valence-corrected chi connectivity index (χ2v) is 8.83. The first kappa shape index (κ1) is 22.0. The number of furan rings is 1. The fraction of sp³-hybridized carbons (Fsp3) is 0.172. The predicted molar refractivity (Wildman–Crippen MR) is 140 cm³/mol. The van der Waals surface area contributed by atoms with Crippen LogP contribution in [0.5, 0.6) is 5.75 Å². The lowest BCUT2D eigenvalue weighted by atomic mass is 9.98. The van der Waals surface area contributed by atoms with Gasteiger partial charge in [0.25, 0.3) is 5.91 Å². The van der Waals surface area contributed by atoms with Crippen LogP contribution in [0, 0.1) is 0 Å². The molecule has 7 nitrogen and oxygen atoms in total. The maximum Gasteiger partial charge on any atom is 0.254 e. The standard InChI is InChI=1S/C29H26N4O3/c1-35-27-9-5-4-8-26(27)32-11-13-33(14-12-32)29(34)23-7-3-2-6-22(23)21-16-24-25(20-10-15-36-19-20)18-31-28(24)30-17-21/h2-10,15-19H,11-14H2,1H3,(H,30,31). The van der Waals surface area contributed by atoms with Gasteiger partial charge in [-0.25, -0.2) is 4.98 Å². The van der Waals surface area contributed by atoms with Gasteiger partial charge in [-0.15, -0.1) is 0 Å². The monoisotopic (exact) mass is 478 g/mol. The van der Waals surface area contributed by atoms with Crippen LogP contribution in [0.15, 0.2) is 90.0 Å². The molecule has 0 saturated carbocycles. The van der Waals surface area contributed by atoms with Crippen LogP contribution in [0.2, 0.25) is 0 Å². The van der Waals surface area contributed by atoms with E-state index in [1.165, 1.54) is 0 Å². The topological polar surface area (TPSA) is 74.6 Å². The smallest absolute Gasteiger partial charge is 0.254 e. The zero-order chi connectivity index (χ0) is 24.5. The van der Waals surface area contributed by atoms with Gasteiger partial charge in [0, 0.05) is 66.2 Å². The summed E-state index contributed by atoms with van der Waals surface area (Å²) < 4.78 is 10.8. The Morgan fingerprint density at radius 2 is 1.78 bits per heavy atom. The third-order valence-corrected chi connectivity index (χ3v) is 6.82. The summed E-state index contributed by atoms with van der Waals surface area (Å²) in [6.45, 7) is 2.79. The van der Waals surface area contributed by atoms with E-state index in [1.54, 1.807) is 19.6 Å². The Kier molecular flexibility index (Phi) is 5.65. The van der Waals surface area contributed by atoms with Crippen LogP contribution in [-0.2, 0) is 0 Å². The number of aromatic amines is 1. The molecule has 1 amide bonds. The summed E-state index contributed by atoms with van der Waals surface area (Å²) in [7, 11) is 1.69. The molecule has 0 bridgehead atoms. The summed E-state index contributed by atoms with van der Waals surface area (Å²) in [5.74, 6) is 0.888. The Balaban J connectivity index is 1.27. The lowest BCUT2D eigenvalue weighted by Gasteiger charge is -2.36. The summed E-state index contributed by atoms with van der Waals surface area (Å²) >= 11 is 0. The molecule has 7 heteroatoms. The molecule has 3 aromatic heterocycles. The van der Waals surface area contributed by atoms with Crippen molar-refractivity contribution in [3.8, 4) is 28.0 Å². The number of nitrogens with zero attached hydrogens (tertiary/aromatic N) is 3. The number of pyridine rings is 1. The number of carbonyl (C=O) groups excluding carboxylic acids is 1. The maximum absolute atomic E-state index is 13.7. The molecule has 1 saturated heterocycles. The number of hydrogen-bond donors (Lipinski definition) is 1. The first-order valence-corrected chi connectivity index (χ1v) is 12.0. The van der Waals surface area contributed by atoms with Crippen molar-refractivity contribution in [3.63, 3.8) is 0 Å². The van der Waals surface area contributed by atoms with Crippen molar-refractivity contribution in [1.29, 1.82) is 0 Å². The molecular formula is C29H26N4O3. The van der Waals surface area contributed by atoms with Crippen LogP contribution >= 0.6 is 0 Å². The number of fused-ring (bicyclic) bond motifs is 1. The Morgan fingerprint density at radius 3 is 2.58 bits per heavy atom. The highest BCUT2D eigenvalue weighted by molar-refractivity contribution is 6.02. The van der Waals surface area contributed by atoms with Gasteiger partial charge in [0.15, 0.2) is 0 Å². The molecule has 1 aliphatic rings. The molecule has 0 unspecified atom stereocenters. The fourth-order valence-electron chi connectivity index (χ4n) is 4.94. The molecule has 1 aliphatic heterocycles. The van der Waals surface area contributed by atoms with Gasteiger partial charge in [0.05, 0.1) is 25.3 Å².